The van der Waals surface area contributed by atoms with E-state index in [2.05, 4.69) is 10.4 Å². The summed E-state index contributed by atoms with van der Waals surface area (Å²) in [4.78, 5) is 11.9. The van der Waals surface area contributed by atoms with Crippen LogP contribution >= 0.6 is 0 Å². The molecule has 0 atom stereocenters. The van der Waals surface area contributed by atoms with Crippen LogP contribution in [0.5, 0.6) is 0 Å². The predicted molar refractivity (Wildman–Crippen MR) is 78.7 cm³/mol. The van der Waals surface area contributed by atoms with Gasteiger partial charge >= 0.3 is 5.92 Å². The maximum atomic E-state index is 14.1. The zero-order chi connectivity index (χ0) is 16.8. The van der Waals surface area contributed by atoms with Crippen molar-refractivity contribution in [3.05, 3.63) is 11.8 Å². The number of alkyl halides is 2. The highest BCUT2D eigenvalue weighted by Crippen LogP contribution is 2.44. The highest BCUT2D eigenvalue weighted by molar-refractivity contribution is 5.96. The fraction of sp³-hybridized carbons (Fsp3) is 0.733. The van der Waals surface area contributed by atoms with Gasteiger partial charge in [-0.2, -0.15) is 13.9 Å². The molecule has 0 spiro atoms. The largest absolute Gasteiger partial charge is 0.383 e. The maximum Gasteiger partial charge on any atom is 0.352 e. The van der Waals surface area contributed by atoms with Gasteiger partial charge in [0.05, 0.1) is 5.69 Å². The summed E-state index contributed by atoms with van der Waals surface area (Å²) in [5.74, 6) is -5.09. The van der Waals surface area contributed by atoms with Crippen molar-refractivity contribution >= 4 is 11.7 Å². The van der Waals surface area contributed by atoms with E-state index in [9.17, 15) is 18.7 Å². The van der Waals surface area contributed by atoms with Gasteiger partial charge in [-0.1, -0.05) is 20.8 Å². The number of aryl methyl sites for hydroxylation is 1. The fourth-order valence-electron chi connectivity index (χ4n) is 2.51. The van der Waals surface area contributed by atoms with Gasteiger partial charge in [0.2, 0.25) is 0 Å². The molecule has 2 N–H and O–H groups in total. The average molecular weight is 315 g/mol. The van der Waals surface area contributed by atoms with Crippen LogP contribution in [0, 0.1) is 5.41 Å². The molecule has 0 aromatic carbocycles. The molecule has 1 amide bonds. The number of hydrogen-bond donors (Lipinski definition) is 2. The number of halogens is 2. The Bertz CT molecular complexity index is 572. The lowest BCUT2D eigenvalue weighted by Crippen LogP contribution is -2.59. The second-order valence-corrected chi connectivity index (χ2v) is 7.30. The fourth-order valence-corrected chi connectivity index (χ4v) is 2.51. The second-order valence-electron chi connectivity index (χ2n) is 7.30. The van der Waals surface area contributed by atoms with E-state index in [1.165, 1.54) is 4.68 Å². The van der Waals surface area contributed by atoms with E-state index >= 15 is 0 Å². The molecule has 0 radical (unpaired) electrons. The third kappa shape index (κ3) is 3.14. The molecule has 1 aromatic heterocycles. The quantitative estimate of drug-likeness (QED) is 0.897. The Morgan fingerprint density at radius 1 is 1.45 bits per heavy atom. The van der Waals surface area contributed by atoms with E-state index in [0.717, 1.165) is 5.69 Å². The minimum atomic E-state index is -3.81. The van der Waals surface area contributed by atoms with E-state index in [-0.39, 0.29) is 24.1 Å². The SMILES string of the molecule is Cn1nc(CC(C)(C)C)cc1NC(=O)C(F)(F)C1(O)CCC1. The van der Waals surface area contributed by atoms with Crippen molar-refractivity contribution in [2.24, 2.45) is 12.5 Å². The van der Waals surface area contributed by atoms with Crippen LogP contribution in [0.1, 0.15) is 45.7 Å². The highest BCUT2D eigenvalue weighted by Gasteiger charge is 2.61. The lowest BCUT2D eigenvalue weighted by molar-refractivity contribution is -0.212. The van der Waals surface area contributed by atoms with E-state index in [0.29, 0.717) is 12.8 Å². The molecule has 1 aromatic rings. The number of nitrogens with one attached hydrogen (secondary N) is 1. The van der Waals surface area contributed by atoms with Crippen molar-refractivity contribution in [1.29, 1.82) is 0 Å². The van der Waals surface area contributed by atoms with Crippen molar-refractivity contribution < 1.29 is 18.7 Å². The van der Waals surface area contributed by atoms with Crippen molar-refractivity contribution in [2.75, 3.05) is 5.32 Å². The summed E-state index contributed by atoms with van der Waals surface area (Å²) in [5.41, 5.74) is -1.50. The monoisotopic (exact) mass is 315 g/mol. The van der Waals surface area contributed by atoms with Crippen LogP contribution in [-0.2, 0) is 18.3 Å². The minimum absolute atomic E-state index is 0.000652. The minimum Gasteiger partial charge on any atom is -0.383 e. The number of aliphatic hydroxyl groups is 1. The maximum absolute atomic E-state index is 14.1. The molecule has 124 valence electrons. The smallest absolute Gasteiger partial charge is 0.352 e. The van der Waals surface area contributed by atoms with Crippen LogP contribution in [0.25, 0.3) is 0 Å². The molecule has 1 fully saturated rings. The summed E-state index contributed by atoms with van der Waals surface area (Å²) in [7, 11) is 1.58. The van der Waals surface area contributed by atoms with Crippen LogP contribution in [0.3, 0.4) is 0 Å². The van der Waals surface area contributed by atoms with Crippen LogP contribution in [-0.4, -0.2) is 32.3 Å². The number of amides is 1. The molecule has 7 heteroatoms. The zero-order valence-electron chi connectivity index (χ0n) is 13.4. The molecule has 2 rings (SSSR count). The van der Waals surface area contributed by atoms with Crippen molar-refractivity contribution in [2.45, 2.75) is 58.0 Å². The number of carbonyl (C=O) groups excluding carboxylic acids is 1. The normalized spacial score (nSPS) is 18.0. The van der Waals surface area contributed by atoms with Gasteiger partial charge in [-0.25, -0.2) is 0 Å². The summed E-state index contributed by atoms with van der Waals surface area (Å²) < 4.78 is 29.5. The Morgan fingerprint density at radius 2 is 2.05 bits per heavy atom. The highest BCUT2D eigenvalue weighted by atomic mass is 19.3. The zero-order valence-corrected chi connectivity index (χ0v) is 13.4. The van der Waals surface area contributed by atoms with E-state index in [1.54, 1.807) is 13.1 Å². The molecule has 1 saturated carbocycles. The van der Waals surface area contributed by atoms with Gasteiger partial charge in [0.15, 0.2) is 0 Å². The Balaban J connectivity index is 2.12. The third-order valence-electron chi connectivity index (χ3n) is 3.93. The number of rotatable bonds is 4. The molecular formula is C15H23F2N3O2. The summed E-state index contributed by atoms with van der Waals surface area (Å²) in [5, 5.41) is 16.2. The molecule has 0 bridgehead atoms. The van der Waals surface area contributed by atoms with E-state index in [1.807, 2.05) is 20.8 Å². The number of carbonyl (C=O) groups is 1. The molecule has 0 aliphatic heterocycles. The van der Waals surface area contributed by atoms with E-state index in [4.69, 9.17) is 0 Å². The standard InChI is InChI=1S/C15H23F2N3O2/c1-13(2,3)9-10-8-11(20(4)19-10)18-12(21)15(16,17)14(22)6-5-7-14/h8,22H,5-7,9H2,1-4H3,(H,18,21). The molecule has 1 aliphatic rings. The first kappa shape index (κ1) is 16.9. The first-order chi connectivity index (χ1) is 9.95. The first-order valence-corrected chi connectivity index (χ1v) is 7.39. The average Bonchev–Trinajstić information content (AvgIpc) is 2.63. The van der Waals surface area contributed by atoms with Crippen LogP contribution in [0.15, 0.2) is 6.07 Å². The van der Waals surface area contributed by atoms with Crippen molar-refractivity contribution in [3.8, 4) is 0 Å². The van der Waals surface area contributed by atoms with Gasteiger partial charge in [-0.15, -0.1) is 0 Å². The molecule has 0 unspecified atom stereocenters. The molecule has 5 nitrogen and oxygen atoms in total. The van der Waals surface area contributed by atoms with Crippen LogP contribution in [0.2, 0.25) is 0 Å². The Labute approximate surface area is 128 Å². The first-order valence-electron chi connectivity index (χ1n) is 7.39. The van der Waals surface area contributed by atoms with Crippen LogP contribution in [0.4, 0.5) is 14.6 Å². The van der Waals surface area contributed by atoms with Crippen molar-refractivity contribution in [3.63, 3.8) is 0 Å². The molecule has 1 heterocycles. The van der Waals surface area contributed by atoms with Gasteiger partial charge < -0.3 is 10.4 Å². The predicted octanol–water partition coefficient (Wildman–Crippen LogP) is 2.50. The topological polar surface area (TPSA) is 67.2 Å². The van der Waals surface area contributed by atoms with E-state index < -0.39 is 17.4 Å². The van der Waals surface area contributed by atoms with Gasteiger partial charge in [0, 0.05) is 13.1 Å². The van der Waals surface area contributed by atoms with Crippen LogP contribution < -0.4 is 5.32 Å². The Kier molecular flexibility index (Phi) is 4.06. The molecule has 0 saturated heterocycles. The number of aromatic nitrogens is 2. The summed E-state index contributed by atoms with van der Waals surface area (Å²) in [6.45, 7) is 6.13. The summed E-state index contributed by atoms with van der Waals surface area (Å²) in [6.07, 6.45) is 1.04. The molecule has 22 heavy (non-hydrogen) atoms. The molecular weight excluding hydrogens is 292 g/mol. The van der Waals surface area contributed by atoms with Gasteiger partial charge in [0.25, 0.3) is 5.91 Å². The summed E-state index contributed by atoms with van der Waals surface area (Å²) >= 11 is 0. The number of hydrogen-bond acceptors (Lipinski definition) is 3. The van der Waals surface area contributed by atoms with Gasteiger partial charge in [0.1, 0.15) is 11.4 Å². The number of nitrogens with zero attached hydrogens (tertiary/aromatic N) is 2. The van der Waals surface area contributed by atoms with Gasteiger partial charge in [-0.3, -0.25) is 9.48 Å². The Hall–Kier alpha value is -1.50. The summed E-state index contributed by atoms with van der Waals surface area (Å²) in [6, 6.07) is 1.59. The van der Waals surface area contributed by atoms with Crippen molar-refractivity contribution in [1.82, 2.24) is 9.78 Å². The molecule has 1 aliphatic carbocycles. The number of anilines is 1. The Morgan fingerprint density at radius 3 is 2.50 bits per heavy atom. The van der Waals surface area contributed by atoms with Gasteiger partial charge in [-0.05, 0) is 31.1 Å². The lowest BCUT2D eigenvalue weighted by atomic mass is 9.75. The third-order valence-corrected chi connectivity index (χ3v) is 3.93. The second kappa shape index (κ2) is 5.30. The lowest BCUT2D eigenvalue weighted by Gasteiger charge is -2.41.